The number of rotatable bonds is 2. The van der Waals surface area contributed by atoms with Crippen LogP contribution in [0.3, 0.4) is 0 Å². The zero-order valence-corrected chi connectivity index (χ0v) is 8.59. The minimum atomic E-state index is 0.0565. The van der Waals surface area contributed by atoms with E-state index in [4.69, 9.17) is 10.3 Å². The van der Waals surface area contributed by atoms with Gasteiger partial charge in [-0.1, -0.05) is 5.16 Å². The van der Waals surface area contributed by atoms with Gasteiger partial charge in [0.1, 0.15) is 0 Å². The molecule has 0 aromatic carbocycles. The maximum absolute atomic E-state index is 5.45. The van der Waals surface area contributed by atoms with Crippen molar-refractivity contribution in [2.75, 3.05) is 5.73 Å². The Morgan fingerprint density at radius 1 is 1.54 bits per heavy atom. The van der Waals surface area contributed by atoms with Crippen molar-refractivity contribution >= 4 is 5.82 Å². The van der Waals surface area contributed by atoms with Crippen LogP contribution in [0.4, 0.5) is 5.82 Å². The molecule has 1 unspecified atom stereocenters. The summed E-state index contributed by atoms with van der Waals surface area (Å²) in [5.74, 6) is 1.20. The number of nitrogens with one attached hydrogen (secondary N) is 1. The first kappa shape index (κ1) is 10.1. The molecule has 13 heavy (non-hydrogen) atoms. The van der Waals surface area contributed by atoms with E-state index in [1.165, 1.54) is 0 Å². The average Bonchev–Trinajstić information content (AvgIpc) is 2.31. The van der Waals surface area contributed by atoms with E-state index in [0.29, 0.717) is 5.82 Å². The molecular weight excluding hydrogens is 166 g/mol. The van der Waals surface area contributed by atoms with Crippen LogP contribution in [0, 0.1) is 0 Å². The first-order chi connectivity index (χ1) is 5.88. The summed E-state index contributed by atoms with van der Waals surface area (Å²) in [6.07, 6.45) is 0. The van der Waals surface area contributed by atoms with Crippen molar-refractivity contribution in [3.8, 4) is 0 Å². The summed E-state index contributed by atoms with van der Waals surface area (Å²) >= 11 is 0. The van der Waals surface area contributed by atoms with Crippen LogP contribution in [0.2, 0.25) is 0 Å². The van der Waals surface area contributed by atoms with Gasteiger partial charge in [0.2, 0.25) is 0 Å². The third-order valence-corrected chi connectivity index (χ3v) is 1.62. The van der Waals surface area contributed by atoms with Crippen LogP contribution in [0.5, 0.6) is 0 Å². The van der Waals surface area contributed by atoms with Crippen LogP contribution in [0.1, 0.15) is 39.5 Å². The van der Waals surface area contributed by atoms with Gasteiger partial charge >= 0.3 is 0 Å². The van der Waals surface area contributed by atoms with Gasteiger partial charge in [0.05, 0.1) is 6.04 Å². The van der Waals surface area contributed by atoms with Crippen LogP contribution >= 0.6 is 0 Å². The third kappa shape index (κ3) is 3.06. The molecule has 0 saturated heterocycles. The van der Waals surface area contributed by atoms with Gasteiger partial charge in [0.15, 0.2) is 11.6 Å². The Morgan fingerprint density at radius 3 is 2.54 bits per heavy atom. The van der Waals surface area contributed by atoms with Crippen molar-refractivity contribution in [2.45, 2.75) is 39.3 Å². The molecule has 3 N–H and O–H groups in total. The lowest BCUT2D eigenvalue weighted by molar-refractivity contribution is 0.304. The van der Waals surface area contributed by atoms with Gasteiger partial charge in [-0.15, -0.1) is 0 Å². The average molecular weight is 183 g/mol. The molecule has 4 heteroatoms. The van der Waals surface area contributed by atoms with Crippen LogP contribution < -0.4 is 11.1 Å². The Morgan fingerprint density at radius 2 is 2.15 bits per heavy atom. The predicted molar refractivity (Wildman–Crippen MR) is 52.2 cm³/mol. The lowest BCUT2D eigenvalue weighted by atomic mass is 10.1. The van der Waals surface area contributed by atoms with Crippen molar-refractivity contribution in [1.29, 1.82) is 0 Å². The second kappa shape index (κ2) is 3.38. The number of nitrogens with zero attached hydrogens (tertiary/aromatic N) is 1. The Bertz CT molecular complexity index is 275. The Kier molecular flexibility index (Phi) is 2.61. The Hall–Kier alpha value is -1.03. The van der Waals surface area contributed by atoms with Gasteiger partial charge < -0.3 is 15.6 Å². The highest BCUT2D eigenvalue weighted by Crippen LogP contribution is 2.17. The fraction of sp³-hybridized carbons (Fsp3) is 0.667. The van der Waals surface area contributed by atoms with E-state index in [0.717, 1.165) is 5.76 Å². The molecule has 0 saturated carbocycles. The molecule has 1 aromatic heterocycles. The normalized spacial score (nSPS) is 14.5. The van der Waals surface area contributed by atoms with Crippen LogP contribution in [0.15, 0.2) is 10.6 Å². The molecule has 0 aliphatic heterocycles. The first-order valence-corrected chi connectivity index (χ1v) is 4.38. The maximum atomic E-state index is 5.45. The number of nitrogens with two attached hydrogens (primary N) is 1. The summed E-state index contributed by atoms with van der Waals surface area (Å²) in [7, 11) is 0. The topological polar surface area (TPSA) is 64.1 Å². The van der Waals surface area contributed by atoms with E-state index in [-0.39, 0.29) is 11.6 Å². The van der Waals surface area contributed by atoms with E-state index in [2.05, 4.69) is 31.2 Å². The number of nitrogen functional groups attached to an aromatic ring is 1. The smallest absolute Gasteiger partial charge is 0.167 e. The van der Waals surface area contributed by atoms with Crippen LogP contribution in [-0.2, 0) is 0 Å². The van der Waals surface area contributed by atoms with Gasteiger partial charge in [0, 0.05) is 11.6 Å². The molecule has 0 amide bonds. The van der Waals surface area contributed by atoms with E-state index >= 15 is 0 Å². The summed E-state index contributed by atoms with van der Waals surface area (Å²) in [4.78, 5) is 0. The molecule has 4 nitrogen and oxygen atoms in total. The van der Waals surface area contributed by atoms with Crippen molar-refractivity contribution in [2.24, 2.45) is 0 Å². The molecule has 0 aliphatic rings. The fourth-order valence-corrected chi connectivity index (χ4v) is 1.23. The molecule has 0 fully saturated rings. The number of anilines is 1. The first-order valence-electron chi connectivity index (χ1n) is 4.38. The molecule has 0 bridgehead atoms. The summed E-state index contributed by atoms with van der Waals surface area (Å²) in [6.45, 7) is 8.32. The highest BCUT2D eigenvalue weighted by molar-refractivity contribution is 5.27. The molecular formula is C9H17N3O. The minimum absolute atomic E-state index is 0.0565. The van der Waals surface area contributed by atoms with Crippen molar-refractivity contribution in [3.63, 3.8) is 0 Å². The second-order valence-electron chi connectivity index (χ2n) is 4.27. The van der Waals surface area contributed by atoms with Gasteiger partial charge in [-0.2, -0.15) is 0 Å². The number of hydrogen-bond acceptors (Lipinski definition) is 4. The predicted octanol–water partition coefficient (Wildman–Crippen LogP) is 1.71. The monoisotopic (exact) mass is 183 g/mol. The quantitative estimate of drug-likeness (QED) is 0.732. The van der Waals surface area contributed by atoms with Gasteiger partial charge in [-0.05, 0) is 27.7 Å². The van der Waals surface area contributed by atoms with E-state index in [9.17, 15) is 0 Å². The minimum Gasteiger partial charge on any atom is -0.381 e. The zero-order valence-electron chi connectivity index (χ0n) is 8.59. The molecule has 0 radical (unpaired) electrons. The Labute approximate surface area is 78.5 Å². The lowest BCUT2D eigenvalue weighted by Crippen LogP contribution is -2.37. The molecule has 74 valence electrons. The fourth-order valence-electron chi connectivity index (χ4n) is 1.23. The largest absolute Gasteiger partial charge is 0.381 e. The zero-order chi connectivity index (χ0) is 10.1. The molecule has 1 heterocycles. The van der Waals surface area contributed by atoms with E-state index in [1.807, 2.05) is 6.92 Å². The van der Waals surface area contributed by atoms with Crippen LogP contribution in [-0.4, -0.2) is 10.7 Å². The standard InChI is InChI=1S/C9H17N3O/c1-6(11-9(2,3)4)7-5-8(10)12-13-7/h5-6,11H,1-4H3,(H2,10,12). The third-order valence-electron chi connectivity index (χ3n) is 1.62. The molecule has 1 atom stereocenters. The highest BCUT2D eigenvalue weighted by Gasteiger charge is 2.17. The van der Waals surface area contributed by atoms with Crippen molar-refractivity contribution in [3.05, 3.63) is 11.8 Å². The summed E-state index contributed by atoms with van der Waals surface area (Å²) in [5, 5.41) is 6.99. The molecule has 0 spiro atoms. The Balaban J connectivity index is 2.64. The molecule has 1 aromatic rings. The van der Waals surface area contributed by atoms with Crippen molar-refractivity contribution in [1.82, 2.24) is 10.5 Å². The summed E-state index contributed by atoms with van der Waals surface area (Å²) < 4.78 is 5.03. The molecule has 0 aliphatic carbocycles. The summed E-state index contributed by atoms with van der Waals surface area (Å²) in [6, 6.07) is 1.87. The highest BCUT2D eigenvalue weighted by atomic mass is 16.5. The van der Waals surface area contributed by atoms with Gasteiger partial charge in [0.25, 0.3) is 0 Å². The maximum Gasteiger partial charge on any atom is 0.167 e. The number of aromatic nitrogens is 1. The summed E-state index contributed by atoms with van der Waals surface area (Å²) in [5.41, 5.74) is 5.50. The second-order valence-corrected chi connectivity index (χ2v) is 4.27. The van der Waals surface area contributed by atoms with Crippen molar-refractivity contribution < 1.29 is 4.52 Å². The van der Waals surface area contributed by atoms with E-state index < -0.39 is 0 Å². The molecule has 1 rings (SSSR count). The number of hydrogen-bond donors (Lipinski definition) is 2. The van der Waals surface area contributed by atoms with E-state index in [1.54, 1.807) is 6.07 Å². The SMILES string of the molecule is CC(NC(C)(C)C)c1cc(N)no1. The van der Waals surface area contributed by atoms with Crippen LogP contribution in [0.25, 0.3) is 0 Å². The van der Waals surface area contributed by atoms with Gasteiger partial charge in [-0.25, -0.2) is 0 Å². The lowest BCUT2D eigenvalue weighted by Gasteiger charge is -2.24. The van der Waals surface area contributed by atoms with Gasteiger partial charge in [-0.3, -0.25) is 0 Å².